The van der Waals surface area contributed by atoms with E-state index in [0.29, 0.717) is 24.6 Å². The lowest BCUT2D eigenvalue weighted by atomic mass is 10.2. The van der Waals surface area contributed by atoms with Crippen LogP contribution >= 0.6 is 0 Å². The quantitative estimate of drug-likeness (QED) is 0.625. The summed E-state index contributed by atoms with van der Waals surface area (Å²) in [4.78, 5) is 17.1. The Bertz CT molecular complexity index is 764. The molecule has 6 heteroatoms. The molecule has 2 aromatic rings. The highest BCUT2D eigenvalue weighted by atomic mass is 16.4. The number of hydrogen-bond acceptors (Lipinski definition) is 3. The van der Waals surface area contributed by atoms with Crippen LogP contribution in [0.2, 0.25) is 0 Å². The predicted molar refractivity (Wildman–Crippen MR) is 97.2 cm³/mol. The van der Waals surface area contributed by atoms with E-state index in [9.17, 15) is 4.79 Å². The Hall–Kier alpha value is -3.33. The number of anilines is 1. The number of nitrogens with one attached hydrogen (secondary N) is 1. The first kappa shape index (κ1) is 18.0. The standard InChI is InChI=1S/C19H20N4O2/c1-2-23(14-16-6-4-3-5-7-16)19(21-13-18(24)25)22-17-10-8-15(12-20)9-11-17/h3-11H,2,13-14H2,1H3,(H,21,22)(H,24,25). The molecule has 0 saturated heterocycles. The Labute approximate surface area is 147 Å². The third kappa shape index (κ3) is 5.66. The van der Waals surface area contributed by atoms with Crippen LogP contribution in [-0.2, 0) is 11.3 Å². The zero-order valence-corrected chi connectivity index (χ0v) is 14.0. The third-order valence-electron chi connectivity index (χ3n) is 3.53. The molecule has 2 aromatic carbocycles. The van der Waals surface area contributed by atoms with E-state index in [1.165, 1.54) is 0 Å². The summed E-state index contributed by atoms with van der Waals surface area (Å²) >= 11 is 0. The van der Waals surface area contributed by atoms with Crippen LogP contribution in [0.1, 0.15) is 18.1 Å². The van der Waals surface area contributed by atoms with E-state index in [0.717, 1.165) is 11.3 Å². The Morgan fingerprint density at radius 2 is 1.88 bits per heavy atom. The Morgan fingerprint density at radius 1 is 1.20 bits per heavy atom. The van der Waals surface area contributed by atoms with Gasteiger partial charge >= 0.3 is 5.97 Å². The van der Waals surface area contributed by atoms with Crippen LogP contribution in [0.25, 0.3) is 0 Å². The van der Waals surface area contributed by atoms with Crippen molar-refractivity contribution in [2.75, 3.05) is 18.4 Å². The van der Waals surface area contributed by atoms with Crippen LogP contribution in [0, 0.1) is 11.3 Å². The van der Waals surface area contributed by atoms with Crippen LogP contribution in [0.4, 0.5) is 5.69 Å². The van der Waals surface area contributed by atoms with Crippen molar-refractivity contribution in [2.24, 2.45) is 4.99 Å². The normalized spacial score (nSPS) is 10.8. The first-order chi connectivity index (χ1) is 12.1. The molecule has 0 saturated carbocycles. The molecule has 128 valence electrons. The molecule has 0 aliphatic carbocycles. The number of aliphatic imine (C=N–C) groups is 1. The van der Waals surface area contributed by atoms with Gasteiger partial charge in [-0.15, -0.1) is 0 Å². The van der Waals surface area contributed by atoms with Gasteiger partial charge in [-0.25, -0.2) is 4.99 Å². The molecular formula is C19H20N4O2. The third-order valence-corrected chi connectivity index (χ3v) is 3.53. The summed E-state index contributed by atoms with van der Waals surface area (Å²) in [6.07, 6.45) is 0. The molecule has 0 bridgehead atoms. The molecule has 0 unspecified atom stereocenters. The number of carboxylic acid groups (broad SMARTS) is 1. The molecule has 0 amide bonds. The number of nitrogens with zero attached hydrogens (tertiary/aromatic N) is 3. The summed E-state index contributed by atoms with van der Waals surface area (Å²) < 4.78 is 0. The largest absolute Gasteiger partial charge is 0.480 e. The molecule has 0 radical (unpaired) electrons. The second-order valence-corrected chi connectivity index (χ2v) is 5.35. The van der Waals surface area contributed by atoms with Gasteiger partial charge in [-0.05, 0) is 36.8 Å². The Kier molecular flexibility index (Phi) is 6.55. The summed E-state index contributed by atoms with van der Waals surface area (Å²) in [5.41, 5.74) is 2.41. The van der Waals surface area contributed by atoms with Crippen molar-refractivity contribution >= 4 is 17.6 Å². The summed E-state index contributed by atoms with van der Waals surface area (Å²) in [6.45, 7) is 2.94. The molecule has 25 heavy (non-hydrogen) atoms. The van der Waals surface area contributed by atoms with Crippen molar-refractivity contribution in [3.8, 4) is 6.07 Å². The van der Waals surface area contributed by atoms with Crippen molar-refractivity contribution in [1.29, 1.82) is 5.26 Å². The number of guanidine groups is 1. The van der Waals surface area contributed by atoms with Gasteiger partial charge in [0.2, 0.25) is 0 Å². The molecule has 0 aliphatic rings. The Morgan fingerprint density at radius 3 is 2.44 bits per heavy atom. The van der Waals surface area contributed by atoms with Gasteiger partial charge in [0, 0.05) is 18.8 Å². The smallest absolute Gasteiger partial charge is 0.325 e. The SMILES string of the molecule is CCN(Cc1ccccc1)C(=NCC(=O)O)Nc1ccc(C#N)cc1. The molecule has 2 N–H and O–H groups in total. The second-order valence-electron chi connectivity index (χ2n) is 5.35. The maximum Gasteiger partial charge on any atom is 0.325 e. The van der Waals surface area contributed by atoms with E-state index < -0.39 is 5.97 Å². The minimum atomic E-state index is -0.991. The van der Waals surface area contributed by atoms with Gasteiger partial charge in [0.1, 0.15) is 6.54 Å². The topological polar surface area (TPSA) is 88.7 Å². The first-order valence-electron chi connectivity index (χ1n) is 7.94. The lowest BCUT2D eigenvalue weighted by Gasteiger charge is -2.25. The average Bonchev–Trinajstić information content (AvgIpc) is 2.64. The molecule has 2 rings (SSSR count). The van der Waals surface area contributed by atoms with Gasteiger partial charge in [0.15, 0.2) is 5.96 Å². The maximum atomic E-state index is 10.9. The van der Waals surface area contributed by atoms with E-state index in [2.05, 4.69) is 16.4 Å². The van der Waals surface area contributed by atoms with Crippen molar-refractivity contribution in [3.05, 3.63) is 65.7 Å². The van der Waals surface area contributed by atoms with Crippen LogP contribution in [0.5, 0.6) is 0 Å². The number of aliphatic carboxylic acids is 1. The zero-order valence-electron chi connectivity index (χ0n) is 14.0. The lowest BCUT2D eigenvalue weighted by molar-refractivity contribution is -0.135. The zero-order chi connectivity index (χ0) is 18.1. The molecule has 6 nitrogen and oxygen atoms in total. The highest BCUT2D eigenvalue weighted by Crippen LogP contribution is 2.12. The van der Waals surface area contributed by atoms with Crippen LogP contribution < -0.4 is 5.32 Å². The Balaban J connectivity index is 2.21. The summed E-state index contributed by atoms with van der Waals surface area (Å²) in [7, 11) is 0. The number of hydrogen-bond donors (Lipinski definition) is 2. The number of carboxylic acids is 1. The highest BCUT2D eigenvalue weighted by molar-refractivity contribution is 5.94. The van der Waals surface area contributed by atoms with E-state index in [4.69, 9.17) is 10.4 Å². The second kappa shape index (κ2) is 9.08. The van der Waals surface area contributed by atoms with Gasteiger partial charge in [-0.3, -0.25) is 4.79 Å². The first-order valence-corrected chi connectivity index (χ1v) is 7.94. The summed E-state index contributed by atoms with van der Waals surface area (Å²) in [5.74, 6) is -0.506. The van der Waals surface area contributed by atoms with Gasteiger partial charge in [-0.1, -0.05) is 30.3 Å². The lowest BCUT2D eigenvalue weighted by Crippen LogP contribution is -2.36. The fraction of sp³-hybridized carbons (Fsp3) is 0.211. The van der Waals surface area contributed by atoms with Crippen LogP contribution in [0.3, 0.4) is 0 Å². The predicted octanol–water partition coefficient (Wildman–Crippen LogP) is 2.93. The molecule has 0 aromatic heterocycles. The van der Waals surface area contributed by atoms with Crippen molar-refractivity contribution in [3.63, 3.8) is 0 Å². The van der Waals surface area contributed by atoms with Crippen LogP contribution in [-0.4, -0.2) is 35.0 Å². The molecule has 0 heterocycles. The minimum Gasteiger partial charge on any atom is -0.480 e. The van der Waals surface area contributed by atoms with E-state index in [1.54, 1.807) is 24.3 Å². The van der Waals surface area contributed by atoms with E-state index in [1.807, 2.05) is 42.2 Å². The van der Waals surface area contributed by atoms with Gasteiger partial charge in [0.05, 0.1) is 11.6 Å². The van der Waals surface area contributed by atoms with Gasteiger partial charge in [0.25, 0.3) is 0 Å². The monoisotopic (exact) mass is 336 g/mol. The number of nitriles is 1. The number of benzene rings is 2. The average molecular weight is 336 g/mol. The van der Waals surface area contributed by atoms with Crippen molar-refractivity contribution in [1.82, 2.24) is 4.90 Å². The van der Waals surface area contributed by atoms with Gasteiger partial charge < -0.3 is 15.3 Å². The molecule has 0 atom stereocenters. The number of carbonyl (C=O) groups is 1. The fourth-order valence-electron chi connectivity index (χ4n) is 2.26. The summed E-state index contributed by atoms with van der Waals surface area (Å²) in [6, 6.07) is 18.9. The molecule has 0 aliphatic heterocycles. The molecular weight excluding hydrogens is 316 g/mol. The van der Waals surface area contributed by atoms with Gasteiger partial charge in [-0.2, -0.15) is 5.26 Å². The van der Waals surface area contributed by atoms with Crippen LogP contribution in [0.15, 0.2) is 59.6 Å². The minimum absolute atomic E-state index is 0.316. The van der Waals surface area contributed by atoms with Crippen molar-refractivity contribution < 1.29 is 9.90 Å². The molecule has 0 spiro atoms. The van der Waals surface area contributed by atoms with Crippen molar-refractivity contribution in [2.45, 2.75) is 13.5 Å². The number of rotatable bonds is 6. The maximum absolute atomic E-state index is 10.9. The molecule has 0 fully saturated rings. The summed E-state index contributed by atoms with van der Waals surface area (Å²) in [5, 5.41) is 21.0. The van der Waals surface area contributed by atoms with E-state index >= 15 is 0 Å². The highest BCUT2D eigenvalue weighted by Gasteiger charge is 2.12. The van der Waals surface area contributed by atoms with E-state index in [-0.39, 0.29) is 6.54 Å². The fourth-order valence-corrected chi connectivity index (χ4v) is 2.26.